The third-order valence-corrected chi connectivity index (χ3v) is 3.69. The van der Waals surface area contributed by atoms with Crippen molar-refractivity contribution in [3.8, 4) is 0 Å². The number of sulfone groups is 1. The molecule has 0 atom stereocenters. The summed E-state index contributed by atoms with van der Waals surface area (Å²) in [5, 5.41) is 4.10. The molecule has 0 saturated carbocycles. The zero-order valence-electron chi connectivity index (χ0n) is 8.31. The number of hydrogen-bond donors (Lipinski definition) is 2. The Morgan fingerprint density at radius 1 is 1.47 bits per heavy atom. The summed E-state index contributed by atoms with van der Waals surface area (Å²) in [5.74, 6) is 0. The van der Waals surface area contributed by atoms with Crippen molar-refractivity contribution < 1.29 is 8.42 Å². The Labute approximate surface area is 88.8 Å². The number of amidine groups is 1. The third kappa shape index (κ3) is 2.36. The van der Waals surface area contributed by atoms with Crippen LogP contribution in [0.5, 0.6) is 0 Å². The maximum Gasteiger partial charge on any atom is 0.234 e. The van der Waals surface area contributed by atoms with Gasteiger partial charge in [-0.15, -0.1) is 0 Å². The van der Waals surface area contributed by atoms with Crippen molar-refractivity contribution in [2.24, 2.45) is 10.7 Å². The van der Waals surface area contributed by atoms with E-state index in [4.69, 9.17) is 5.73 Å². The second kappa shape index (κ2) is 3.92. The minimum absolute atomic E-state index is 0.285. The number of rotatable bonds is 2. The van der Waals surface area contributed by atoms with Crippen LogP contribution < -0.4 is 11.1 Å². The number of nitrogens with one attached hydrogen (secondary N) is 1. The van der Waals surface area contributed by atoms with E-state index in [1.165, 1.54) is 0 Å². The molecule has 2 aliphatic heterocycles. The van der Waals surface area contributed by atoms with Crippen LogP contribution in [0.4, 0.5) is 0 Å². The van der Waals surface area contributed by atoms with Crippen molar-refractivity contribution in [2.45, 2.75) is 0 Å². The zero-order chi connectivity index (χ0) is 10.9. The molecule has 1 saturated heterocycles. The monoisotopic (exact) mass is 230 g/mol. The molecule has 0 spiro atoms. The molecule has 0 aliphatic carbocycles. The Morgan fingerprint density at radius 2 is 2.13 bits per heavy atom. The van der Waals surface area contributed by atoms with Gasteiger partial charge in [0.05, 0.1) is 11.1 Å². The number of nitrogens with two attached hydrogens (primary N) is 1. The molecule has 84 valence electrons. The smallest absolute Gasteiger partial charge is 0.234 e. The maximum absolute atomic E-state index is 11.3. The largest absolute Gasteiger partial charge is 0.374 e. The topological polar surface area (TPSA) is 87.8 Å². The van der Waals surface area contributed by atoms with E-state index in [2.05, 4.69) is 15.2 Å². The summed E-state index contributed by atoms with van der Waals surface area (Å²) in [7, 11) is -3.40. The second-order valence-corrected chi connectivity index (χ2v) is 5.37. The van der Waals surface area contributed by atoms with Crippen molar-refractivity contribution in [1.29, 1.82) is 0 Å². The molecule has 15 heavy (non-hydrogen) atoms. The van der Waals surface area contributed by atoms with Gasteiger partial charge >= 0.3 is 0 Å². The van der Waals surface area contributed by atoms with E-state index in [1.54, 1.807) is 0 Å². The van der Waals surface area contributed by atoms with Gasteiger partial charge in [-0.3, -0.25) is 4.90 Å². The molecule has 2 aliphatic rings. The molecule has 0 amide bonds. The SMILES string of the molecule is NC1=NC(CN2CCNCC2)=CS1(=O)=O. The number of aliphatic imine (C=N–C) groups is 1. The first-order valence-electron chi connectivity index (χ1n) is 4.81. The Kier molecular flexibility index (Phi) is 2.76. The quantitative estimate of drug-likeness (QED) is 0.601. The van der Waals surface area contributed by atoms with Gasteiger partial charge in [-0.1, -0.05) is 0 Å². The van der Waals surface area contributed by atoms with E-state index in [-0.39, 0.29) is 5.17 Å². The lowest BCUT2D eigenvalue weighted by molar-refractivity contribution is 0.259. The highest BCUT2D eigenvalue weighted by Crippen LogP contribution is 2.13. The van der Waals surface area contributed by atoms with Crippen LogP contribution in [0.15, 0.2) is 16.1 Å². The molecule has 1 fully saturated rings. The van der Waals surface area contributed by atoms with Gasteiger partial charge in [0.15, 0.2) is 0 Å². The highest BCUT2D eigenvalue weighted by Gasteiger charge is 2.23. The van der Waals surface area contributed by atoms with Crippen LogP contribution in [0.1, 0.15) is 0 Å². The number of nitrogens with zero attached hydrogens (tertiary/aromatic N) is 2. The summed E-state index contributed by atoms with van der Waals surface area (Å²) in [6.07, 6.45) is 0. The van der Waals surface area contributed by atoms with Crippen molar-refractivity contribution in [3.05, 3.63) is 11.1 Å². The minimum atomic E-state index is -3.40. The maximum atomic E-state index is 11.3. The van der Waals surface area contributed by atoms with Crippen molar-refractivity contribution in [3.63, 3.8) is 0 Å². The van der Waals surface area contributed by atoms with Crippen molar-refractivity contribution >= 4 is 15.0 Å². The lowest BCUT2D eigenvalue weighted by Gasteiger charge is -2.26. The molecular formula is C8H14N4O2S. The van der Waals surface area contributed by atoms with Crippen LogP contribution in [0.25, 0.3) is 0 Å². The summed E-state index contributed by atoms with van der Waals surface area (Å²) in [6, 6.07) is 0. The molecule has 6 nitrogen and oxygen atoms in total. The first-order valence-corrected chi connectivity index (χ1v) is 6.35. The predicted octanol–water partition coefficient (Wildman–Crippen LogP) is -1.52. The van der Waals surface area contributed by atoms with Gasteiger partial charge < -0.3 is 11.1 Å². The summed E-state index contributed by atoms with van der Waals surface area (Å²) in [4.78, 5) is 5.99. The fraction of sp³-hybridized carbons (Fsp3) is 0.625. The van der Waals surface area contributed by atoms with E-state index in [9.17, 15) is 8.42 Å². The van der Waals surface area contributed by atoms with E-state index >= 15 is 0 Å². The van der Waals surface area contributed by atoms with Crippen LogP contribution in [0.2, 0.25) is 0 Å². The molecule has 0 aromatic carbocycles. The highest BCUT2D eigenvalue weighted by molar-refractivity contribution is 8.09. The van der Waals surface area contributed by atoms with Gasteiger partial charge in [0.25, 0.3) is 0 Å². The summed E-state index contributed by atoms with van der Waals surface area (Å²) in [5.41, 5.74) is 5.82. The molecular weight excluding hydrogens is 216 g/mol. The van der Waals surface area contributed by atoms with Gasteiger partial charge in [0.1, 0.15) is 0 Å². The molecule has 0 bridgehead atoms. The predicted molar refractivity (Wildman–Crippen MR) is 57.9 cm³/mol. The third-order valence-electron chi connectivity index (χ3n) is 2.43. The van der Waals surface area contributed by atoms with Crippen molar-refractivity contribution in [2.75, 3.05) is 32.7 Å². The van der Waals surface area contributed by atoms with Gasteiger partial charge in [0.2, 0.25) is 15.0 Å². The van der Waals surface area contributed by atoms with E-state index < -0.39 is 9.84 Å². The first kappa shape index (κ1) is 10.6. The molecule has 0 aromatic heterocycles. The van der Waals surface area contributed by atoms with Crippen LogP contribution in [-0.2, 0) is 9.84 Å². The van der Waals surface area contributed by atoms with Crippen LogP contribution >= 0.6 is 0 Å². The van der Waals surface area contributed by atoms with Crippen molar-refractivity contribution in [1.82, 2.24) is 10.2 Å². The molecule has 0 unspecified atom stereocenters. The lowest BCUT2D eigenvalue weighted by Crippen LogP contribution is -2.43. The molecule has 2 heterocycles. The Morgan fingerprint density at radius 3 is 2.67 bits per heavy atom. The minimum Gasteiger partial charge on any atom is -0.374 e. The van der Waals surface area contributed by atoms with E-state index in [1.807, 2.05) is 0 Å². The highest BCUT2D eigenvalue weighted by atomic mass is 32.2. The average molecular weight is 230 g/mol. The molecule has 0 aromatic rings. The van der Waals surface area contributed by atoms with E-state index in [0.29, 0.717) is 12.2 Å². The van der Waals surface area contributed by atoms with Gasteiger partial charge in [-0.25, -0.2) is 13.4 Å². The Balaban J connectivity index is 2.02. The fourth-order valence-corrected chi connectivity index (χ4v) is 2.49. The molecule has 0 radical (unpaired) electrons. The summed E-state index contributed by atoms with van der Waals surface area (Å²) >= 11 is 0. The average Bonchev–Trinajstić information content (AvgIpc) is 2.42. The van der Waals surface area contributed by atoms with Gasteiger partial charge in [0, 0.05) is 32.7 Å². The normalized spacial score (nSPS) is 26.1. The summed E-state index contributed by atoms with van der Waals surface area (Å²) < 4.78 is 22.5. The fourth-order valence-electron chi connectivity index (χ4n) is 1.64. The lowest BCUT2D eigenvalue weighted by atomic mass is 10.3. The van der Waals surface area contributed by atoms with Crippen LogP contribution in [0, 0.1) is 0 Å². The van der Waals surface area contributed by atoms with Crippen LogP contribution in [0.3, 0.4) is 0 Å². The Hall–Kier alpha value is -0.920. The van der Waals surface area contributed by atoms with Crippen LogP contribution in [-0.4, -0.2) is 51.2 Å². The van der Waals surface area contributed by atoms with E-state index in [0.717, 1.165) is 31.6 Å². The molecule has 7 heteroatoms. The first-order chi connectivity index (χ1) is 7.08. The number of hydrogen-bond acceptors (Lipinski definition) is 6. The number of piperazine rings is 1. The summed E-state index contributed by atoms with van der Waals surface area (Å²) in [6.45, 7) is 4.24. The second-order valence-electron chi connectivity index (χ2n) is 3.63. The zero-order valence-corrected chi connectivity index (χ0v) is 9.13. The molecule has 2 rings (SSSR count). The van der Waals surface area contributed by atoms with Gasteiger partial charge in [-0.2, -0.15) is 0 Å². The Bertz CT molecular complexity index is 406. The van der Waals surface area contributed by atoms with Gasteiger partial charge in [-0.05, 0) is 0 Å². The standard InChI is InChI=1S/C8H14N4O2S/c9-8-11-7(6-15(8,13)14)5-12-3-1-10-2-4-12/h6,10H,1-5H2,(H2,9,11). The molecule has 3 N–H and O–H groups in total.